The summed E-state index contributed by atoms with van der Waals surface area (Å²) in [6.45, 7) is 8.06. The molecule has 0 spiro atoms. The lowest BCUT2D eigenvalue weighted by atomic mass is 10.3. The predicted octanol–water partition coefficient (Wildman–Crippen LogP) is 4.33. The number of anilines is 1. The molecule has 3 aromatic heterocycles. The average molecular weight is 396 g/mol. The van der Waals surface area contributed by atoms with Crippen LogP contribution < -0.4 is 5.73 Å². The van der Waals surface area contributed by atoms with Crippen molar-refractivity contribution in [2.45, 2.75) is 26.8 Å². The highest BCUT2D eigenvalue weighted by Crippen LogP contribution is 2.32. The predicted molar refractivity (Wildman–Crippen MR) is 102 cm³/mol. The molecule has 9 heteroatoms. The fraction of sp³-hybridized carbons (Fsp3) is 0.444. The van der Waals surface area contributed by atoms with E-state index in [0.717, 1.165) is 47.9 Å². The third-order valence-corrected chi connectivity index (χ3v) is 5.03. The van der Waals surface area contributed by atoms with Gasteiger partial charge in [0.1, 0.15) is 10.6 Å². The number of rotatable bonds is 4. The molecule has 0 atom stereocenters. The fourth-order valence-electron chi connectivity index (χ4n) is 2.75. The molecule has 2 N–H and O–H groups in total. The Hall–Kier alpha value is -2.10. The summed E-state index contributed by atoms with van der Waals surface area (Å²) in [6, 6.07) is 4.65. The average Bonchev–Trinajstić information content (AvgIpc) is 3.31. The van der Waals surface area contributed by atoms with Gasteiger partial charge in [-0.3, -0.25) is 4.90 Å². The molecule has 1 saturated heterocycles. The fourth-order valence-corrected chi connectivity index (χ4v) is 3.83. The lowest BCUT2D eigenvalue weighted by Crippen LogP contribution is -2.35. The Morgan fingerprint density at radius 2 is 1.96 bits per heavy atom. The van der Waals surface area contributed by atoms with E-state index in [1.165, 1.54) is 23.5 Å². The van der Waals surface area contributed by atoms with E-state index in [9.17, 15) is 8.78 Å². The molecule has 27 heavy (non-hydrogen) atoms. The van der Waals surface area contributed by atoms with Crippen molar-refractivity contribution >= 4 is 27.4 Å². The molecule has 1 aliphatic rings. The van der Waals surface area contributed by atoms with Crippen LogP contribution in [0.4, 0.5) is 14.6 Å². The molecule has 0 unspecified atom stereocenters. The minimum atomic E-state index is -2.67. The summed E-state index contributed by atoms with van der Waals surface area (Å²) in [5.41, 5.74) is 6.04. The third-order valence-electron chi connectivity index (χ3n) is 4.02. The zero-order valence-corrected chi connectivity index (χ0v) is 16.1. The number of morpholine rings is 1. The molecule has 0 aliphatic carbocycles. The van der Waals surface area contributed by atoms with Crippen LogP contribution in [0.2, 0.25) is 0 Å². The number of halogens is 2. The number of aromatic nitrogens is 2. The Morgan fingerprint density at radius 1 is 1.22 bits per heavy atom. The van der Waals surface area contributed by atoms with Gasteiger partial charge in [-0.1, -0.05) is 13.8 Å². The molecule has 0 saturated carbocycles. The van der Waals surface area contributed by atoms with Crippen molar-refractivity contribution in [3.8, 4) is 11.6 Å². The van der Waals surface area contributed by atoms with E-state index >= 15 is 0 Å². The van der Waals surface area contributed by atoms with Crippen molar-refractivity contribution in [2.75, 3.05) is 32.0 Å². The molecule has 146 valence electrons. The van der Waals surface area contributed by atoms with Crippen LogP contribution in [0.3, 0.4) is 0 Å². The zero-order chi connectivity index (χ0) is 19.4. The van der Waals surface area contributed by atoms with E-state index in [1.54, 1.807) is 0 Å². The SMILES string of the molecule is CC.Nc1nc(-c2ccc(C(F)F)o2)nc2sc(CN3CCOCC3)cc12. The Bertz CT molecular complexity index is 891. The van der Waals surface area contributed by atoms with Crippen LogP contribution in [0.5, 0.6) is 0 Å². The number of hydrogen-bond donors (Lipinski definition) is 1. The molecule has 1 aliphatic heterocycles. The normalized spacial score (nSPS) is 15.1. The summed E-state index contributed by atoms with van der Waals surface area (Å²) in [5.74, 6) is 0.319. The molecule has 1 fully saturated rings. The number of nitrogen functional groups attached to an aromatic ring is 1. The van der Waals surface area contributed by atoms with Gasteiger partial charge >= 0.3 is 0 Å². The van der Waals surface area contributed by atoms with Gasteiger partial charge < -0.3 is 14.9 Å². The van der Waals surface area contributed by atoms with Gasteiger partial charge in [-0.05, 0) is 18.2 Å². The number of nitrogens with zero attached hydrogens (tertiary/aromatic N) is 3. The largest absolute Gasteiger partial charge is 0.452 e. The Morgan fingerprint density at radius 3 is 2.63 bits per heavy atom. The topological polar surface area (TPSA) is 77.4 Å². The Balaban J connectivity index is 0.00000102. The molecule has 6 nitrogen and oxygen atoms in total. The van der Waals surface area contributed by atoms with Crippen molar-refractivity contribution < 1.29 is 17.9 Å². The zero-order valence-electron chi connectivity index (χ0n) is 15.2. The van der Waals surface area contributed by atoms with E-state index in [2.05, 4.69) is 14.9 Å². The van der Waals surface area contributed by atoms with Crippen molar-refractivity contribution in [2.24, 2.45) is 0 Å². The lowest BCUT2D eigenvalue weighted by molar-refractivity contribution is 0.0346. The van der Waals surface area contributed by atoms with Crippen LogP contribution in [0.25, 0.3) is 21.8 Å². The second kappa shape index (κ2) is 8.73. The molecule has 0 bridgehead atoms. The van der Waals surface area contributed by atoms with Crippen molar-refractivity contribution in [1.82, 2.24) is 14.9 Å². The second-order valence-electron chi connectivity index (χ2n) is 5.76. The van der Waals surface area contributed by atoms with Gasteiger partial charge in [0.25, 0.3) is 6.43 Å². The van der Waals surface area contributed by atoms with Gasteiger partial charge in [0.05, 0.1) is 18.6 Å². The van der Waals surface area contributed by atoms with E-state index in [-0.39, 0.29) is 11.6 Å². The van der Waals surface area contributed by atoms with Crippen molar-refractivity contribution in [3.63, 3.8) is 0 Å². The van der Waals surface area contributed by atoms with Crippen molar-refractivity contribution in [1.29, 1.82) is 0 Å². The van der Waals surface area contributed by atoms with E-state index in [1.807, 2.05) is 19.9 Å². The summed E-state index contributed by atoms with van der Waals surface area (Å²) in [4.78, 5) is 12.8. The summed E-state index contributed by atoms with van der Waals surface area (Å²) < 4.78 is 35.8. The first-order valence-corrected chi connectivity index (χ1v) is 9.66. The summed E-state index contributed by atoms with van der Waals surface area (Å²) in [7, 11) is 0. The first-order chi connectivity index (χ1) is 13.1. The number of ether oxygens (including phenoxy) is 1. The van der Waals surface area contributed by atoms with E-state index in [0.29, 0.717) is 5.82 Å². The van der Waals surface area contributed by atoms with Crippen LogP contribution in [-0.4, -0.2) is 41.2 Å². The molecule has 0 amide bonds. The smallest absolute Gasteiger partial charge is 0.295 e. The van der Waals surface area contributed by atoms with Crippen LogP contribution in [-0.2, 0) is 11.3 Å². The highest BCUT2D eigenvalue weighted by molar-refractivity contribution is 7.18. The second-order valence-corrected chi connectivity index (χ2v) is 6.87. The minimum Gasteiger partial charge on any atom is -0.452 e. The van der Waals surface area contributed by atoms with Gasteiger partial charge in [0.15, 0.2) is 17.3 Å². The van der Waals surface area contributed by atoms with E-state index in [4.69, 9.17) is 14.9 Å². The summed E-state index contributed by atoms with van der Waals surface area (Å²) in [6.07, 6.45) is -2.67. The molecule has 4 heterocycles. The summed E-state index contributed by atoms with van der Waals surface area (Å²) in [5, 5.41) is 0.776. The molecule has 3 aromatic rings. The number of furan rings is 1. The Kier molecular flexibility index (Phi) is 6.35. The number of alkyl halides is 2. The first kappa shape index (κ1) is 19.7. The van der Waals surface area contributed by atoms with Crippen LogP contribution in [0, 0.1) is 0 Å². The van der Waals surface area contributed by atoms with Crippen LogP contribution in [0.1, 0.15) is 30.9 Å². The molecular formula is C18H22F2N4O2S. The number of thiophene rings is 1. The first-order valence-electron chi connectivity index (χ1n) is 8.84. The molecule has 4 rings (SSSR count). The van der Waals surface area contributed by atoms with Gasteiger partial charge in [-0.25, -0.2) is 18.7 Å². The van der Waals surface area contributed by atoms with Gasteiger partial charge in [-0.2, -0.15) is 0 Å². The number of nitrogens with two attached hydrogens (primary N) is 1. The minimum absolute atomic E-state index is 0.187. The maximum atomic E-state index is 12.7. The van der Waals surface area contributed by atoms with Gasteiger partial charge in [-0.15, -0.1) is 11.3 Å². The molecule has 0 radical (unpaired) electrons. The van der Waals surface area contributed by atoms with E-state index < -0.39 is 12.2 Å². The highest BCUT2D eigenvalue weighted by atomic mass is 32.1. The lowest BCUT2D eigenvalue weighted by Gasteiger charge is -2.25. The van der Waals surface area contributed by atoms with Gasteiger partial charge in [0.2, 0.25) is 0 Å². The number of fused-ring (bicyclic) bond motifs is 1. The van der Waals surface area contributed by atoms with Gasteiger partial charge in [0, 0.05) is 24.5 Å². The van der Waals surface area contributed by atoms with Crippen molar-refractivity contribution in [3.05, 3.63) is 28.8 Å². The summed E-state index contributed by atoms with van der Waals surface area (Å²) >= 11 is 1.52. The number of hydrogen-bond acceptors (Lipinski definition) is 7. The maximum absolute atomic E-state index is 12.7. The Labute approximate surface area is 160 Å². The quantitative estimate of drug-likeness (QED) is 0.707. The molecule has 0 aromatic carbocycles. The molecular weight excluding hydrogens is 374 g/mol. The van der Waals surface area contributed by atoms with Crippen LogP contribution >= 0.6 is 11.3 Å². The third kappa shape index (κ3) is 4.42. The highest BCUT2D eigenvalue weighted by Gasteiger charge is 2.18. The van der Waals surface area contributed by atoms with Crippen LogP contribution in [0.15, 0.2) is 22.6 Å². The monoisotopic (exact) mass is 396 g/mol. The standard InChI is InChI=1S/C16H16F2N4O2S.C2H6/c17-13(18)11-1-2-12(24-11)15-20-14(19)10-7-9(25-16(10)21-15)8-22-3-5-23-6-4-22;1-2/h1-2,7,13H,3-6,8H2,(H2,19,20,21);1-2H3. The maximum Gasteiger partial charge on any atom is 0.295 e.